The van der Waals surface area contributed by atoms with E-state index in [4.69, 9.17) is 16.3 Å². The molecule has 0 fully saturated rings. The Morgan fingerprint density at radius 2 is 1.90 bits per heavy atom. The number of halogens is 1. The van der Waals surface area contributed by atoms with E-state index in [2.05, 4.69) is 18.3 Å². The van der Waals surface area contributed by atoms with E-state index >= 15 is 0 Å². The number of ether oxygens (including phenoxy) is 1. The Hall–Kier alpha value is -3.93. The van der Waals surface area contributed by atoms with Crippen molar-refractivity contribution >= 4 is 50.6 Å². The van der Waals surface area contributed by atoms with Crippen LogP contribution in [-0.2, 0) is 29.4 Å². The predicted octanol–water partition coefficient (Wildman–Crippen LogP) is 6.49. The fourth-order valence-corrected chi connectivity index (χ4v) is 6.76. The number of hydrogen-bond donors (Lipinski definition) is 1. The molecule has 1 aliphatic carbocycles. The Morgan fingerprint density at radius 3 is 2.58 bits per heavy atom. The second-order valence-corrected chi connectivity index (χ2v) is 11.6. The van der Waals surface area contributed by atoms with Gasteiger partial charge in [0.25, 0.3) is 11.5 Å². The van der Waals surface area contributed by atoms with Crippen molar-refractivity contribution in [3.05, 3.63) is 85.6 Å². The van der Waals surface area contributed by atoms with Crippen molar-refractivity contribution in [3.8, 4) is 17.2 Å². The highest BCUT2D eigenvalue weighted by molar-refractivity contribution is 7.16. The monoisotopic (exact) mass is 573 g/mol. The fourth-order valence-electron chi connectivity index (χ4n) is 5.27. The Labute approximate surface area is 241 Å². The third kappa shape index (κ3) is 5.03. The number of benzene rings is 2. The zero-order valence-electron chi connectivity index (χ0n) is 22.4. The number of nitrogens with one attached hydrogen (secondary N) is 1. The fraction of sp³-hybridized carbons (Fsp3) is 0.290. The smallest absolute Gasteiger partial charge is 0.356 e. The molecule has 2 heterocycles. The number of esters is 1. The van der Waals surface area contributed by atoms with Gasteiger partial charge < -0.3 is 14.6 Å². The second kappa shape index (κ2) is 11.3. The van der Waals surface area contributed by atoms with E-state index in [9.17, 15) is 19.6 Å². The molecule has 2 aromatic heterocycles. The number of fused-ring (bicyclic) bond motifs is 2. The van der Waals surface area contributed by atoms with Crippen LogP contribution in [0.4, 0.5) is 5.00 Å². The van der Waals surface area contributed by atoms with Crippen LogP contribution >= 0.6 is 22.9 Å². The molecule has 0 saturated heterocycles. The zero-order valence-corrected chi connectivity index (χ0v) is 24.0. The summed E-state index contributed by atoms with van der Waals surface area (Å²) in [6.45, 7) is 3.92. The largest absolute Gasteiger partial charge is 0.448 e. The Balaban J connectivity index is 1.50. The average Bonchev–Trinajstić information content (AvgIpc) is 3.29. The molecule has 0 saturated carbocycles. The summed E-state index contributed by atoms with van der Waals surface area (Å²) >= 11 is 7.53. The second-order valence-electron chi connectivity index (χ2n) is 10.1. The van der Waals surface area contributed by atoms with Crippen molar-refractivity contribution in [3.63, 3.8) is 0 Å². The highest BCUT2D eigenvalue weighted by Crippen LogP contribution is 2.39. The van der Waals surface area contributed by atoms with Crippen LogP contribution < -0.4 is 10.9 Å². The number of anilines is 1. The van der Waals surface area contributed by atoms with Gasteiger partial charge in [-0.15, -0.1) is 11.3 Å². The molecule has 2 aromatic carbocycles. The molecule has 1 amide bonds. The number of rotatable bonds is 6. The van der Waals surface area contributed by atoms with Gasteiger partial charge in [0, 0.05) is 27.9 Å². The van der Waals surface area contributed by atoms with Gasteiger partial charge in [-0.1, -0.05) is 55.8 Å². The van der Waals surface area contributed by atoms with E-state index in [0.717, 1.165) is 29.7 Å². The van der Waals surface area contributed by atoms with Gasteiger partial charge in [-0.3, -0.25) is 9.59 Å². The van der Waals surface area contributed by atoms with E-state index in [0.29, 0.717) is 43.4 Å². The minimum absolute atomic E-state index is 0.0376. The lowest BCUT2D eigenvalue weighted by Crippen LogP contribution is -2.34. The predicted molar refractivity (Wildman–Crippen MR) is 158 cm³/mol. The average molecular weight is 574 g/mol. The Kier molecular flexibility index (Phi) is 7.79. The number of carbonyl (C=O) groups is 2. The summed E-state index contributed by atoms with van der Waals surface area (Å²) in [4.78, 5) is 41.4. The quantitative estimate of drug-likeness (QED) is 0.266. The molecule has 7 nitrogen and oxygen atoms in total. The standard InChI is InChI=1S/C31H28ClN3O4S/c1-4-24(28(36)34-29-23(16-33)20-14-9-17(2)15-25(20)40-29)39-31(38)27-26(18-10-12-19(32)13-11-18)21-7-5-6-8-22(21)30(37)35(27)3/h5-8,10-13,17,24H,4,9,14-15H2,1-3H3,(H,34,36). The topological polar surface area (TPSA) is 101 Å². The van der Waals surface area contributed by atoms with Crippen LogP contribution in [0.2, 0.25) is 5.02 Å². The van der Waals surface area contributed by atoms with Crippen LogP contribution in [0.15, 0.2) is 53.3 Å². The van der Waals surface area contributed by atoms with Gasteiger partial charge in [-0.05, 0) is 66.3 Å². The molecule has 4 aromatic rings. The first-order valence-electron chi connectivity index (χ1n) is 13.2. The maximum absolute atomic E-state index is 13.7. The van der Waals surface area contributed by atoms with Crippen LogP contribution in [-0.4, -0.2) is 22.5 Å². The summed E-state index contributed by atoms with van der Waals surface area (Å²) in [6.07, 6.45) is 1.76. The third-order valence-electron chi connectivity index (χ3n) is 7.40. The van der Waals surface area contributed by atoms with Gasteiger partial charge in [-0.2, -0.15) is 5.26 Å². The molecule has 0 radical (unpaired) electrons. The molecule has 1 N–H and O–H groups in total. The molecule has 0 bridgehead atoms. The van der Waals surface area contributed by atoms with Crippen molar-refractivity contribution in [1.29, 1.82) is 5.26 Å². The molecule has 2 atom stereocenters. The molecule has 0 aliphatic heterocycles. The van der Waals surface area contributed by atoms with E-state index in [1.165, 1.54) is 23.0 Å². The molecule has 2 unspecified atom stereocenters. The number of nitrogens with zero attached hydrogens (tertiary/aromatic N) is 2. The third-order valence-corrected chi connectivity index (χ3v) is 8.82. The van der Waals surface area contributed by atoms with Crippen LogP contribution in [0.3, 0.4) is 0 Å². The SMILES string of the molecule is CCC(OC(=O)c1c(-c2ccc(Cl)cc2)c2ccccc2c(=O)n1C)C(=O)Nc1sc2c(c1C#N)CCC(C)C2. The van der Waals surface area contributed by atoms with E-state index < -0.39 is 18.0 Å². The van der Waals surface area contributed by atoms with Crippen molar-refractivity contribution in [2.75, 3.05) is 5.32 Å². The molecule has 204 valence electrons. The van der Waals surface area contributed by atoms with Crippen LogP contribution in [0.25, 0.3) is 21.9 Å². The van der Waals surface area contributed by atoms with E-state index in [1.807, 2.05) is 0 Å². The van der Waals surface area contributed by atoms with Crippen molar-refractivity contribution < 1.29 is 14.3 Å². The molecular weight excluding hydrogens is 546 g/mol. The number of nitriles is 1. The lowest BCUT2D eigenvalue weighted by molar-refractivity contribution is -0.124. The lowest BCUT2D eigenvalue weighted by Gasteiger charge is -2.20. The summed E-state index contributed by atoms with van der Waals surface area (Å²) in [6, 6.07) is 16.3. The van der Waals surface area contributed by atoms with Crippen LogP contribution in [0.1, 0.15) is 53.2 Å². The van der Waals surface area contributed by atoms with Gasteiger partial charge in [0.15, 0.2) is 6.10 Å². The minimum Gasteiger partial charge on any atom is -0.448 e. The Morgan fingerprint density at radius 1 is 1.20 bits per heavy atom. The molecular formula is C31H28ClN3O4S. The van der Waals surface area contributed by atoms with Crippen molar-refractivity contribution in [2.45, 2.75) is 45.6 Å². The highest BCUT2D eigenvalue weighted by Gasteiger charge is 2.30. The maximum Gasteiger partial charge on any atom is 0.356 e. The van der Waals surface area contributed by atoms with Crippen LogP contribution in [0, 0.1) is 17.2 Å². The van der Waals surface area contributed by atoms with E-state index in [-0.39, 0.29) is 17.7 Å². The van der Waals surface area contributed by atoms with Gasteiger partial charge in [-0.25, -0.2) is 4.79 Å². The Bertz CT molecular complexity index is 1730. The first-order valence-corrected chi connectivity index (χ1v) is 14.4. The zero-order chi connectivity index (χ0) is 28.6. The number of hydrogen-bond acceptors (Lipinski definition) is 6. The first kappa shape index (κ1) is 27.6. The lowest BCUT2D eigenvalue weighted by atomic mass is 9.88. The highest BCUT2D eigenvalue weighted by atomic mass is 35.5. The van der Waals surface area contributed by atoms with Gasteiger partial charge in [0.2, 0.25) is 0 Å². The first-order chi connectivity index (χ1) is 19.2. The van der Waals surface area contributed by atoms with Gasteiger partial charge in [0.05, 0.1) is 5.56 Å². The van der Waals surface area contributed by atoms with Gasteiger partial charge >= 0.3 is 5.97 Å². The normalized spacial score (nSPS) is 15.2. The summed E-state index contributed by atoms with van der Waals surface area (Å²) in [5.41, 5.74) is 2.37. The number of amides is 1. The summed E-state index contributed by atoms with van der Waals surface area (Å²) < 4.78 is 7.03. The van der Waals surface area contributed by atoms with Crippen LogP contribution in [0.5, 0.6) is 0 Å². The van der Waals surface area contributed by atoms with Gasteiger partial charge in [0.1, 0.15) is 16.8 Å². The number of carbonyl (C=O) groups excluding carboxylic acids is 2. The van der Waals surface area contributed by atoms with Crippen molar-refractivity contribution in [2.24, 2.45) is 13.0 Å². The number of aromatic nitrogens is 1. The number of pyridine rings is 1. The molecule has 9 heteroatoms. The molecule has 0 spiro atoms. The minimum atomic E-state index is -1.13. The van der Waals surface area contributed by atoms with E-state index in [1.54, 1.807) is 55.5 Å². The molecule has 1 aliphatic rings. The maximum atomic E-state index is 13.7. The molecule has 5 rings (SSSR count). The number of thiophene rings is 1. The summed E-state index contributed by atoms with van der Waals surface area (Å²) in [7, 11) is 1.52. The molecule has 40 heavy (non-hydrogen) atoms. The summed E-state index contributed by atoms with van der Waals surface area (Å²) in [5.74, 6) is -0.788. The van der Waals surface area contributed by atoms with Crippen molar-refractivity contribution in [1.82, 2.24) is 4.57 Å². The summed E-state index contributed by atoms with van der Waals surface area (Å²) in [5, 5.41) is 14.7.